The second-order valence-corrected chi connectivity index (χ2v) is 3.28. The highest BCUT2D eigenvalue weighted by atomic mass is 16.7. The zero-order chi connectivity index (χ0) is 11.1. The second kappa shape index (κ2) is 6.59. The van der Waals surface area contributed by atoms with E-state index in [4.69, 9.17) is 9.47 Å². The van der Waals surface area contributed by atoms with Crippen LogP contribution in [0.4, 0.5) is 0 Å². The molecule has 0 unspecified atom stereocenters. The van der Waals surface area contributed by atoms with Crippen LogP contribution in [0.25, 0.3) is 0 Å². The number of hydrogen-bond acceptors (Lipinski definition) is 2. The summed E-state index contributed by atoms with van der Waals surface area (Å²) in [7, 11) is 0. The molecule has 0 bridgehead atoms. The van der Waals surface area contributed by atoms with Gasteiger partial charge in [-0.1, -0.05) is 38.1 Å². The van der Waals surface area contributed by atoms with Crippen LogP contribution in [-0.2, 0) is 9.47 Å². The first-order valence-corrected chi connectivity index (χ1v) is 5.66. The largest absolute Gasteiger partial charge is 0.348 e. The van der Waals surface area contributed by atoms with Crippen molar-refractivity contribution in [2.45, 2.75) is 33.5 Å². The van der Waals surface area contributed by atoms with E-state index >= 15 is 0 Å². The van der Waals surface area contributed by atoms with Gasteiger partial charge in [-0.2, -0.15) is 0 Å². The zero-order valence-electron chi connectivity index (χ0n) is 9.82. The van der Waals surface area contributed by atoms with Crippen LogP contribution >= 0.6 is 0 Å². The van der Waals surface area contributed by atoms with Gasteiger partial charge in [0.05, 0.1) is 13.2 Å². The number of rotatable bonds is 1. The molecule has 0 amide bonds. The molecule has 1 aromatic rings. The van der Waals surface area contributed by atoms with Crippen LogP contribution < -0.4 is 0 Å². The Morgan fingerprint density at radius 3 is 2.27 bits per heavy atom. The second-order valence-electron chi connectivity index (χ2n) is 3.28. The van der Waals surface area contributed by atoms with E-state index in [9.17, 15) is 0 Å². The lowest BCUT2D eigenvalue weighted by molar-refractivity contribution is -0.183. The van der Waals surface area contributed by atoms with Crippen molar-refractivity contribution >= 4 is 0 Å². The smallest absolute Gasteiger partial charge is 0.184 e. The van der Waals surface area contributed by atoms with Crippen LogP contribution in [-0.4, -0.2) is 13.2 Å². The minimum atomic E-state index is -0.144. The highest BCUT2D eigenvalue weighted by molar-refractivity contribution is 5.26. The SMILES string of the molecule is CC.Cc1ccccc1C1OCCCO1. The third-order valence-electron chi connectivity index (χ3n) is 2.27. The lowest BCUT2D eigenvalue weighted by Gasteiger charge is -2.24. The molecule has 0 saturated carbocycles. The molecule has 1 aromatic carbocycles. The van der Waals surface area contributed by atoms with Gasteiger partial charge in [0.2, 0.25) is 0 Å². The predicted octanol–water partition coefficient (Wildman–Crippen LogP) is 3.46. The van der Waals surface area contributed by atoms with Crippen LogP contribution in [0.2, 0.25) is 0 Å². The van der Waals surface area contributed by atoms with Gasteiger partial charge in [-0.15, -0.1) is 0 Å². The van der Waals surface area contributed by atoms with Crippen molar-refractivity contribution in [2.24, 2.45) is 0 Å². The van der Waals surface area contributed by atoms with E-state index in [2.05, 4.69) is 19.1 Å². The van der Waals surface area contributed by atoms with Gasteiger partial charge >= 0.3 is 0 Å². The fraction of sp³-hybridized carbons (Fsp3) is 0.538. The monoisotopic (exact) mass is 208 g/mol. The Morgan fingerprint density at radius 2 is 1.67 bits per heavy atom. The molecule has 1 aliphatic heterocycles. The Hall–Kier alpha value is -0.860. The summed E-state index contributed by atoms with van der Waals surface area (Å²) in [6, 6.07) is 8.19. The predicted molar refractivity (Wildman–Crippen MR) is 61.8 cm³/mol. The van der Waals surface area contributed by atoms with Crippen molar-refractivity contribution in [2.75, 3.05) is 13.2 Å². The third-order valence-corrected chi connectivity index (χ3v) is 2.27. The van der Waals surface area contributed by atoms with Gasteiger partial charge in [0.25, 0.3) is 0 Å². The summed E-state index contributed by atoms with van der Waals surface area (Å²) in [5.41, 5.74) is 2.39. The van der Waals surface area contributed by atoms with Crippen molar-refractivity contribution in [3.05, 3.63) is 35.4 Å². The maximum absolute atomic E-state index is 5.52. The van der Waals surface area contributed by atoms with E-state index in [1.807, 2.05) is 26.0 Å². The van der Waals surface area contributed by atoms with Crippen molar-refractivity contribution < 1.29 is 9.47 Å². The van der Waals surface area contributed by atoms with Gasteiger partial charge in [-0.3, -0.25) is 0 Å². The average molecular weight is 208 g/mol. The summed E-state index contributed by atoms with van der Waals surface area (Å²) in [5, 5.41) is 0. The third kappa shape index (κ3) is 3.33. The Kier molecular flexibility index (Phi) is 5.37. The summed E-state index contributed by atoms with van der Waals surface area (Å²) in [5.74, 6) is 0. The molecule has 1 aliphatic rings. The summed E-state index contributed by atoms with van der Waals surface area (Å²) in [6.07, 6.45) is 0.859. The van der Waals surface area contributed by atoms with Crippen molar-refractivity contribution in [1.29, 1.82) is 0 Å². The first-order valence-electron chi connectivity index (χ1n) is 5.66. The van der Waals surface area contributed by atoms with Crippen molar-refractivity contribution in [3.63, 3.8) is 0 Å². The van der Waals surface area contributed by atoms with Gasteiger partial charge in [0.1, 0.15) is 0 Å². The van der Waals surface area contributed by atoms with Crippen LogP contribution in [0.3, 0.4) is 0 Å². The normalized spacial score (nSPS) is 16.7. The number of hydrogen-bond donors (Lipinski definition) is 0. The van der Waals surface area contributed by atoms with E-state index in [0.29, 0.717) is 0 Å². The maximum Gasteiger partial charge on any atom is 0.184 e. The number of ether oxygens (including phenoxy) is 2. The maximum atomic E-state index is 5.52. The molecule has 1 heterocycles. The molecule has 2 rings (SSSR count). The van der Waals surface area contributed by atoms with E-state index in [1.165, 1.54) is 5.56 Å². The Morgan fingerprint density at radius 1 is 1.07 bits per heavy atom. The van der Waals surface area contributed by atoms with E-state index in [0.717, 1.165) is 25.2 Å². The lowest BCUT2D eigenvalue weighted by Crippen LogP contribution is -2.18. The summed E-state index contributed by atoms with van der Waals surface area (Å²) in [4.78, 5) is 0. The van der Waals surface area contributed by atoms with Crippen molar-refractivity contribution in [1.82, 2.24) is 0 Å². The van der Waals surface area contributed by atoms with Crippen LogP contribution in [0, 0.1) is 6.92 Å². The highest BCUT2D eigenvalue weighted by Gasteiger charge is 2.17. The van der Waals surface area contributed by atoms with E-state index in [1.54, 1.807) is 0 Å². The van der Waals surface area contributed by atoms with E-state index < -0.39 is 0 Å². The molecule has 0 N–H and O–H groups in total. The standard InChI is InChI=1S/C11H14O2.C2H6/c1-9-5-2-3-6-10(9)11-12-7-4-8-13-11;1-2/h2-3,5-6,11H,4,7-8H2,1H3;1-2H3. The summed E-state index contributed by atoms with van der Waals surface area (Å²) in [6.45, 7) is 7.69. The fourth-order valence-electron chi connectivity index (χ4n) is 1.52. The van der Waals surface area contributed by atoms with Crippen LogP contribution in [0.15, 0.2) is 24.3 Å². The van der Waals surface area contributed by atoms with Crippen LogP contribution in [0.1, 0.15) is 37.7 Å². The molecule has 0 radical (unpaired) electrons. The quantitative estimate of drug-likeness (QED) is 0.703. The molecule has 1 fully saturated rings. The first-order chi connectivity index (χ1) is 7.38. The topological polar surface area (TPSA) is 18.5 Å². The molecular weight excluding hydrogens is 188 g/mol. The number of aryl methyl sites for hydroxylation is 1. The summed E-state index contributed by atoms with van der Waals surface area (Å²) >= 11 is 0. The Bertz CT molecular complexity index is 278. The molecule has 84 valence electrons. The lowest BCUT2D eigenvalue weighted by atomic mass is 10.1. The fourth-order valence-corrected chi connectivity index (χ4v) is 1.52. The molecule has 0 spiro atoms. The van der Waals surface area contributed by atoms with Gasteiger partial charge in [-0.25, -0.2) is 0 Å². The average Bonchev–Trinajstić information content (AvgIpc) is 2.33. The van der Waals surface area contributed by atoms with Crippen molar-refractivity contribution in [3.8, 4) is 0 Å². The molecule has 0 atom stereocenters. The minimum Gasteiger partial charge on any atom is -0.348 e. The van der Waals surface area contributed by atoms with Crippen LogP contribution in [0.5, 0.6) is 0 Å². The van der Waals surface area contributed by atoms with Gasteiger partial charge in [0, 0.05) is 5.56 Å². The molecule has 2 heteroatoms. The number of benzene rings is 1. The molecule has 2 nitrogen and oxygen atoms in total. The zero-order valence-corrected chi connectivity index (χ0v) is 9.82. The molecule has 15 heavy (non-hydrogen) atoms. The van der Waals surface area contributed by atoms with Gasteiger partial charge in [-0.05, 0) is 18.9 Å². The highest BCUT2D eigenvalue weighted by Crippen LogP contribution is 2.24. The Labute approximate surface area is 92.2 Å². The first kappa shape index (κ1) is 12.2. The molecule has 0 aromatic heterocycles. The van der Waals surface area contributed by atoms with Gasteiger partial charge < -0.3 is 9.47 Å². The summed E-state index contributed by atoms with van der Waals surface area (Å²) < 4.78 is 11.0. The van der Waals surface area contributed by atoms with Gasteiger partial charge in [0.15, 0.2) is 6.29 Å². The molecular formula is C13H20O2. The van der Waals surface area contributed by atoms with E-state index in [-0.39, 0.29) is 6.29 Å². The minimum absolute atomic E-state index is 0.144. The Balaban J connectivity index is 0.000000531. The molecule has 1 saturated heterocycles. The molecule has 0 aliphatic carbocycles.